The highest BCUT2D eigenvalue weighted by atomic mass is 79.9. The Balaban J connectivity index is 1.84. The Morgan fingerprint density at radius 3 is 2.83 bits per heavy atom. The number of aliphatic imine (C=N–C) groups is 1. The van der Waals surface area contributed by atoms with E-state index in [9.17, 15) is 17.6 Å². The smallest absolute Gasteiger partial charge is 0.352 e. The summed E-state index contributed by atoms with van der Waals surface area (Å²) in [5, 5.41) is 6.06. The van der Waals surface area contributed by atoms with Crippen molar-refractivity contribution in [2.75, 3.05) is 26.7 Å². The molecule has 0 aliphatic carbocycles. The van der Waals surface area contributed by atoms with Crippen LogP contribution in [0.3, 0.4) is 0 Å². The van der Waals surface area contributed by atoms with Crippen molar-refractivity contribution in [1.82, 2.24) is 15.5 Å². The highest BCUT2D eigenvalue weighted by Crippen LogP contribution is 2.20. The summed E-state index contributed by atoms with van der Waals surface area (Å²) >= 11 is 3.28. The van der Waals surface area contributed by atoms with E-state index in [1.807, 2.05) is 0 Å². The second-order valence-corrected chi connectivity index (χ2v) is 6.56. The Bertz CT molecular complexity index is 591. The minimum Gasteiger partial charge on any atom is -0.352 e. The van der Waals surface area contributed by atoms with Gasteiger partial charge in [0.15, 0.2) is 5.96 Å². The van der Waals surface area contributed by atoms with Crippen molar-refractivity contribution in [2.45, 2.75) is 25.2 Å². The van der Waals surface area contributed by atoms with E-state index in [-0.39, 0.29) is 18.4 Å². The number of rotatable bonds is 4. The van der Waals surface area contributed by atoms with Crippen LogP contribution in [0, 0.1) is 5.82 Å². The van der Waals surface area contributed by atoms with Crippen molar-refractivity contribution >= 4 is 21.9 Å². The predicted octanol–water partition coefficient (Wildman–Crippen LogP) is 2.89. The lowest BCUT2D eigenvalue weighted by atomic mass is 10.2. The lowest BCUT2D eigenvalue weighted by Crippen LogP contribution is -2.45. The van der Waals surface area contributed by atoms with Crippen LogP contribution in [0.25, 0.3) is 0 Å². The number of nitrogens with one attached hydrogen (secondary N) is 2. The minimum absolute atomic E-state index is 0.120. The van der Waals surface area contributed by atoms with Crippen LogP contribution in [0.2, 0.25) is 0 Å². The maximum Gasteiger partial charge on any atom is 0.401 e. The molecule has 1 atom stereocenters. The van der Waals surface area contributed by atoms with Gasteiger partial charge >= 0.3 is 6.18 Å². The maximum absolute atomic E-state index is 13.7. The zero-order valence-electron chi connectivity index (χ0n) is 13.1. The third-order valence-corrected chi connectivity index (χ3v) is 4.19. The minimum atomic E-state index is -4.19. The second kappa shape index (κ2) is 8.15. The average Bonchev–Trinajstić information content (AvgIpc) is 2.91. The first-order valence-corrected chi connectivity index (χ1v) is 8.26. The molecule has 1 saturated heterocycles. The summed E-state index contributed by atoms with van der Waals surface area (Å²) in [6, 6.07) is 4.52. The first kappa shape index (κ1) is 19.0. The quantitative estimate of drug-likeness (QED) is 0.455. The summed E-state index contributed by atoms with van der Waals surface area (Å²) < 4.78 is 51.7. The normalized spacial score (nSPS) is 19.6. The van der Waals surface area contributed by atoms with Gasteiger partial charge in [0.1, 0.15) is 5.82 Å². The first-order chi connectivity index (χ1) is 11.3. The summed E-state index contributed by atoms with van der Waals surface area (Å²) in [5.41, 5.74) is 0.470. The zero-order valence-corrected chi connectivity index (χ0v) is 14.7. The van der Waals surface area contributed by atoms with Crippen molar-refractivity contribution in [3.8, 4) is 0 Å². The fourth-order valence-electron chi connectivity index (χ4n) is 2.59. The number of likely N-dealkylation sites (tertiary alicyclic amines) is 1. The Morgan fingerprint density at radius 1 is 1.42 bits per heavy atom. The van der Waals surface area contributed by atoms with E-state index in [2.05, 4.69) is 31.6 Å². The summed E-state index contributed by atoms with van der Waals surface area (Å²) in [6.45, 7) is 0.00425. The largest absolute Gasteiger partial charge is 0.401 e. The Labute approximate surface area is 146 Å². The Morgan fingerprint density at radius 2 is 2.17 bits per heavy atom. The number of benzene rings is 1. The number of halogens is 5. The lowest BCUT2D eigenvalue weighted by molar-refractivity contribution is -0.143. The van der Waals surface area contributed by atoms with Crippen LogP contribution in [0.4, 0.5) is 17.6 Å². The van der Waals surface area contributed by atoms with Gasteiger partial charge in [0.2, 0.25) is 0 Å². The molecule has 1 fully saturated rings. The van der Waals surface area contributed by atoms with Crippen molar-refractivity contribution < 1.29 is 17.6 Å². The van der Waals surface area contributed by atoms with E-state index in [1.54, 1.807) is 19.2 Å². The number of nitrogens with zero attached hydrogens (tertiary/aromatic N) is 2. The first-order valence-electron chi connectivity index (χ1n) is 7.47. The van der Waals surface area contributed by atoms with Gasteiger partial charge in [-0.15, -0.1) is 0 Å². The SMILES string of the molecule is CN=C(NCc1cc(Br)ccc1F)NC1CCN(CC(F)(F)F)C1. The van der Waals surface area contributed by atoms with Crippen molar-refractivity contribution in [3.63, 3.8) is 0 Å². The molecule has 2 rings (SSSR count). The molecular formula is C15H19BrF4N4. The van der Waals surface area contributed by atoms with E-state index in [0.29, 0.717) is 31.0 Å². The highest BCUT2D eigenvalue weighted by Gasteiger charge is 2.34. The molecule has 134 valence electrons. The Kier molecular flexibility index (Phi) is 6.45. The van der Waals surface area contributed by atoms with Gasteiger partial charge in [-0.25, -0.2) is 4.39 Å². The van der Waals surface area contributed by atoms with E-state index in [0.717, 1.165) is 4.47 Å². The molecule has 2 N–H and O–H groups in total. The third kappa shape index (κ3) is 5.94. The average molecular weight is 411 g/mol. The number of alkyl halides is 3. The third-order valence-electron chi connectivity index (χ3n) is 3.69. The molecule has 0 bridgehead atoms. The molecule has 1 aromatic carbocycles. The predicted molar refractivity (Wildman–Crippen MR) is 88.3 cm³/mol. The summed E-state index contributed by atoms with van der Waals surface area (Å²) in [4.78, 5) is 5.40. The molecule has 0 saturated carbocycles. The van der Waals surface area contributed by atoms with E-state index >= 15 is 0 Å². The van der Waals surface area contributed by atoms with Gasteiger partial charge < -0.3 is 10.6 Å². The molecule has 0 radical (unpaired) electrons. The van der Waals surface area contributed by atoms with Gasteiger partial charge in [0.25, 0.3) is 0 Å². The standard InChI is InChI=1S/C15H19BrF4N4/c1-21-14(22-7-10-6-11(16)2-3-13(10)17)23-12-4-5-24(8-12)9-15(18,19)20/h2-3,6,12H,4-5,7-9H2,1H3,(H2,21,22,23). The molecule has 0 aromatic heterocycles. The molecule has 24 heavy (non-hydrogen) atoms. The van der Waals surface area contributed by atoms with Crippen molar-refractivity contribution in [1.29, 1.82) is 0 Å². The summed E-state index contributed by atoms with van der Waals surface area (Å²) in [5.74, 6) is 0.103. The van der Waals surface area contributed by atoms with Gasteiger partial charge in [-0.3, -0.25) is 9.89 Å². The molecule has 9 heteroatoms. The lowest BCUT2D eigenvalue weighted by Gasteiger charge is -2.20. The molecule has 1 unspecified atom stereocenters. The van der Waals surface area contributed by atoms with E-state index < -0.39 is 12.7 Å². The van der Waals surface area contributed by atoms with Gasteiger partial charge in [0, 0.05) is 42.8 Å². The molecule has 0 spiro atoms. The van der Waals surface area contributed by atoms with Crippen LogP contribution >= 0.6 is 15.9 Å². The molecule has 1 aliphatic rings. The van der Waals surface area contributed by atoms with Crippen LogP contribution in [-0.4, -0.2) is 49.8 Å². The van der Waals surface area contributed by atoms with Crippen LogP contribution in [0.1, 0.15) is 12.0 Å². The molecule has 1 aliphatic heterocycles. The highest BCUT2D eigenvalue weighted by molar-refractivity contribution is 9.10. The Hall–Kier alpha value is -1.35. The van der Waals surface area contributed by atoms with E-state index in [4.69, 9.17) is 0 Å². The van der Waals surface area contributed by atoms with Gasteiger partial charge in [-0.1, -0.05) is 15.9 Å². The second-order valence-electron chi connectivity index (χ2n) is 5.64. The number of hydrogen-bond donors (Lipinski definition) is 2. The van der Waals surface area contributed by atoms with Crippen molar-refractivity contribution in [2.24, 2.45) is 4.99 Å². The van der Waals surface area contributed by atoms with Gasteiger partial charge in [0.05, 0.1) is 6.54 Å². The number of hydrogen-bond acceptors (Lipinski definition) is 2. The number of guanidine groups is 1. The van der Waals surface area contributed by atoms with Crippen LogP contribution in [0.5, 0.6) is 0 Å². The molecule has 1 aromatic rings. The van der Waals surface area contributed by atoms with Gasteiger partial charge in [-0.2, -0.15) is 13.2 Å². The monoisotopic (exact) mass is 410 g/mol. The summed E-state index contributed by atoms with van der Waals surface area (Å²) in [6.07, 6.45) is -3.59. The van der Waals surface area contributed by atoms with Gasteiger partial charge in [-0.05, 0) is 24.6 Å². The van der Waals surface area contributed by atoms with Crippen LogP contribution in [-0.2, 0) is 6.54 Å². The molecule has 1 heterocycles. The zero-order chi connectivity index (χ0) is 17.7. The molecular weight excluding hydrogens is 392 g/mol. The molecule has 0 amide bonds. The van der Waals surface area contributed by atoms with Crippen molar-refractivity contribution in [3.05, 3.63) is 34.1 Å². The van der Waals surface area contributed by atoms with E-state index in [1.165, 1.54) is 11.0 Å². The fourth-order valence-corrected chi connectivity index (χ4v) is 3.00. The molecule has 4 nitrogen and oxygen atoms in total. The van der Waals surface area contributed by atoms with Crippen LogP contribution < -0.4 is 10.6 Å². The maximum atomic E-state index is 13.7. The van der Waals surface area contributed by atoms with Crippen LogP contribution in [0.15, 0.2) is 27.7 Å². The summed E-state index contributed by atoms with van der Waals surface area (Å²) in [7, 11) is 1.56. The topological polar surface area (TPSA) is 39.7 Å². The fraction of sp³-hybridized carbons (Fsp3) is 0.533.